The first kappa shape index (κ1) is 11.0. The van der Waals surface area contributed by atoms with E-state index in [1.54, 1.807) is 0 Å². The molecule has 0 unspecified atom stereocenters. The highest BCUT2D eigenvalue weighted by Crippen LogP contribution is 1.98. The molecular formula is C8H10O3P+. The van der Waals surface area contributed by atoms with Gasteiger partial charge in [0.2, 0.25) is 0 Å². The van der Waals surface area contributed by atoms with E-state index in [4.69, 9.17) is 14.4 Å². The molecule has 0 heterocycles. The molecule has 64 valence electrons. The molecule has 0 aromatic heterocycles. The quantitative estimate of drug-likeness (QED) is 0.657. The Labute approximate surface area is 71.9 Å². The molecular weight excluding hydrogens is 175 g/mol. The minimum absolute atomic E-state index is 1.17. The molecule has 0 spiro atoms. The second-order valence-electron chi connectivity index (χ2n) is 1.87. The molecule has 1 aromatic rings. The first-order valence-corrected chi connectivity index (χ1v) is 4.36. The molecule has 1 aromatic carbocycles. The van der Waals surface area contributed by atoms with Crippen LogP contribution in [0.2, 0.25) is 0 Å². The Balaban J connectivity index is 0.000000261. The van der Waals surface area contributed by atoms with Crippen LogP contribution in [0, 0.1) is 0 Å². The van der Waals surface area contributed by atoms with Gasteiger partial charge in [0, 0.05) is 4.57 Å². The molecule has 1 rings (SSSR count). The number of hydrogen-bond acceptors (Lipinski definition) is 1. The van der Waals surface area contributed by atoms with Crippen molar-refractivity contribution in [3.8, 4) is 0 Å². The molecule has 0 bridgehead atoms. The van der Waals surface area contributed by atoms with E-state index in [-0.39, 0.29) is 0 Å². The summed E-state index contributed by atoms with van der Waals surface area (Å²) >= 11 is 0. The van der Waals surface area contributed by atoms with Gasteiger partial charge >= 0.3 is 8.25 Å². The topological polar surface area (TPSA) is 57.5 Å². The molecule has 12 heavy (non-hydrogen) atoms. The summed E-state index contributed by atoms with van der Waals surface area (Å²) < 4.78 is 8.70. The normalized spacial score (nSPS) is 7.83. The Morgan fingerprint density at radius 1 is 1.25 bits per heavy atom. The Morgan fingerprint density at radius 2 is 1.67 bits per heavy atom. The Morgan fingerprint density at radius 3 is 1.92 bits per heavy atom. The first-order chi connectivity index (χ1) is 5.66. The predicted molar refractivity (Wildman–Crippen MR) is 48.6 cm³/mol. The minimum Gasteiger partial charge on any atom is -0.134 e. The van der Waals surface area contributed by atoms with Crippen LogP contribution < -0.4 is 0 Å². The van der Waals surface area contributed by atoms with Gasteiger partial charge < -0.3 is 0 Å². The average Bonchev–Trinajstić information content (AvgIpc) is 2.05. The zero-order chi connectivity index (χ0) is 9.40. The fourth-order valence-electron chi connectivity index (χ4n) is 0.589. The third-order valence-corrected chi connectivity index (χ3v) is 1.04. The second-order valence-corrected chi connectivity index (χ2v) is 2.37. The summed E-state index contributed by atoms with van der Waals surface area (Å²) in [6, 6.07) is 10.0. The van der Waals surface area contributed by atoms with Crippen molar-refractivity contribution in [2.45, 2.75) is 0 Å². The lowest BCUT2D eigenvalue weighted by Gasteiger charge is -1.85. The largest absolute Gasteiger partial charge is 0.692 e. The summed E-state index contributed by atoms with van der Waals surface area (Å²) in [5.41, 5.74) is 1.17. The Bertz CT molecular complexity index is 242. The third-order valence-electron chi connectivity index (χ3n) is 1.04. The molecule has 3 nitrogen and oxygen atoms in total. The summed E-state index contributed by atoms with van der Waals surface area (Å²) in [6.45, 7) is 3.63. The highest BCUT2D eigenvalue weighted by atomic mass is 31.1. The Kier molecular flexibility index (Phi) is 6.11. The van der Waals surface area contributed by atoms with Gasteiger partial charge in [-0.25, -0.2) is 0 Å². The highest BCUT2D eigenvalue weighted by molar-refractivity contribution is 7.30. The molecule has 0 saturated heterocycles. The van der Waals surface area contributed by atoms with E-state index < -0.39 is 8.25 Å². The Hall–Kier alpha value is -1.02. The molecule has 0 aliphatic rings. The summed E-state index contributed by atoms with van der Waals surface area (Å²) in [5.74, 6) is 0. The van der Waals surface area contributed by atoms with E-state index in [9.17, 15) is 0 Å². The van der Waals surface area contributed by atoms with Gasteiger partial charge in [-0.3, -0.25) is 0 Å². The molecule has 4 heteroatoms. The van der Waals surface area contributed by atoms with Gasteiger partial charge in [0.05, 0.1) is 0 Å². The fraction of sp³-hybridized carbons (Fsp3) is 0. The molecule has 0 aliphatic carbocycles. The number of benzene rings is 1. The second kappa shape index (κ2) is 6.68. The van der Waals surface area contributed by atoms with Crippen molar-refractivity contribution >= 4 is 14.3 Å². The van der Waals surface area contributed by atoms with Crippen molar-refractivity contribution in [3.63, 3.8) is 0 Å². The van der Waals surface area contributed by atoms with E-state index in [2.05, 4.69) is 6.58 Å². The number of rotatable bonds is 1. The van der Waals surface area contributed by atoms with Gasteiger partial charge in [-0.2, -0.15) is 0 Å². The van der Waals surface area contributed by atoms with Crippen molar-refractivity contribution in [2.75, 3.05) is 0 Å². The lowest BCUT2D eigenvalue weighted by molar-refractivity contribution is 0.405. The van der Waals surface area contributed by atoms with E-state index in [1.165, 1.54) is 5.56 Å². The van der Waals surface area contributed by atoms with Crippen molar-refractivity contribution in [1.29, 1.82) is 0 Å². The standard InChI is InChI=1S/C8H8.HO3P/c1-2-8-6-4-3-5-7-8;1-4(2)3/h2-7H,1H2;(H-,1,2,3)/p+1. The van der Waals surface area contributed by atoms with Crippen molar-refractivity contribution in [1.82, 2.24) is 0 Å². The summed E-state index contributed by atoms with van der Waals surface area (Å²) in [5, 5.41) is 0. The van der Waals surface area contributed by atoms with Crippen LogP contribution in [0.25, 0.3) is 6.08 Å². The lowest BCUT2D eigenvalue weighted by atomic mass is 10.2. The zero-order valence-corrected chi connectivity index (χ0v) is 7.32. The third kappa shape index (κ3) is 7.09. The van der Waals surface area contributed by atoms with Crippen LogP contribution in [0.15, 0.2) is 36.9 Å². The van der Waals surface area contributed by atoms with Gasteiger partial charge in [0.25, 0.3) is 0 Å². The van der Waals surface area contributed by atoms with Crippen molar-refractivity contribution in [2.24, 2.45) is 0 Å². The van der Waals surface area contributed by atoms with Crippen LogP contribution >= 0.6 is 8.25 Å². The van der Waals surface area contributed by atoms with E-state index in [1.807, 2.05) is 36.4 Å². The predicted octanol–water partition coefficient (Wildman–Crippen LogP) is 1.96. The molecule has 0 amide bonds. The van der Waals surface area contributed by atoms with Gasteiger partial charge in [0.15, 0.2) is 0 Å². The van der Waals surface area contributed by atoms with Crippen LogP contribution in [0.1, 0.15) is 5.56 Å². The molecule has 0 fully saturated rings. The zero-order valence-electron chi connectivity index (χ0n) is 6.42. The summed E-state index contributed by atoms with van der Waals surface area (Å²) in [7, 11) is -2.87. The van der Waals surface area contributed by atoms with Gasteiger partial charge in [0.1, 0.15) is 0 Å². The maximum atomic E-state index is 8.70. The maximum Gasteiger partial charge on any atom is 0.692 e. The van der Waals surface area contributed by atoms with Crippen molar-refractivity contribution < 1.29 is 14.4 Å². The summed E-state index contributed by atoms with van der Waals surface area (Å²) in [4.78, 5) is 14.2. The van der Waals surface area contributed by atoms with Crippen LogP contribution in [-0.4, -0.2) is 9.79 Å². The molecule has 0 aliphatic heterocycles. The summed E-state index contributed by atoms with van der Waals surface area (Å²) in [6.07, 6.45) is 1.83. The average molecular weight is 185 g/mol. The molecule has 0 radical (unpaired) electrons. The maximum absolute atomic E-state index is 8.70. The molecule has 2 N–H and O–H groups in total. The monoisotopic (exact) mass is 185 g/mol. The lowest BCUT2D eigenvalue weighted by Crippen LogP contribution is -1.63. The van der Waals surface area contributed by atoms with Gasteiger partial charge in [-0.05, 0) is 5.56 Å². The van der Waals surface area contributed by atoms with Gasteiger partial charge in [-0.15, -0.1) is 9.79 Å². The fourth-order valence-corrected chi connectivity index (χ4v) is 0.589. The molecule has 0 saturated carbocycles. The van der Waals surface area contributed by atoms with Crippen LogP contribution in [0.5, 0.6) is 0 Å². The van der Waals surface area contributed by atoms with Crippen LogP contribution in [0.4, 0.5) is 0 Å². The smallest absolute Gasteiger partial charge is 0.134 e. The van der Waals surface area contributed by atoms with E-state index in [0.29, 0.717) is 0 Å². The number of hydrogen-bond donors (Lipinski definition) is 2. The van der Waals surface area contributed by atoms with Crippen LogP contribution in [-0.2, 0) is 4.57 Å². The van der Waals surface area contributed by atoms with E-state index in [0.717, 1.165) is 0 Å². The highest BCUT2D eigenvalue weighted by Gasteiger charge is 1.93. The van der Waals surface area contributed by atoms with Gasteiger partial charge in [-0.1, -0.05) is 43.0 Å². The SMILES string of the molecule is C=Cc1ccccc1.O=[P+](O)O. The molecule has 0 atom stereocenters. The first-order valence-electron chi connectivity index (χ1n) is 3.19. The minimum atomic E-state index is -2.87. The van der Waals surface area contributed by atoms with E-state index >= 15 is 0 Å². The van der Waals surface area contributed by atoms with Crippen LogP contribution in [0.3, 0.4) is 0 Å². The van der Waals surface area contributed by atoms with Crippen molar-refractivity contribution in [3.05, 3.63) is 42.5 Å².